The first-order valence-electron chi connectivity index (χ1n) is 8.32. The minimum Gasteiger partial charge on any atom is -0.341 e. The Morgan fingerprint density at radius 2 is 1.85 bits per heavy atom. The van der Waals surface area contributed by atoms with Gasteiger partial charge in [-0.15, -0.1) is 0 Å². The number of anilines is 1. The minimum absolute atomic E-state index is 0.0371. The molecule has 1 heterocycles. The molecule has 6 nitrogen and oxygen atoms in total. The van der Waals surface area contributed by atoms with Crippen molar-refractivity contribution < 1.29 is 18.4 Å². The van der Waals surface area contributed by atoms with Gasteiger partial charge < -0.3 is 21.4 Å². The number of carbonyl (C=O) groups excluding carboxylic acids is 2. The van der Waals surface area contributed by atoms with E-state index in [-0.39, 0.29) is 22.9 Å². The maximum atomic E-state index is 13.2. The summed E-state index contributed by atoms with van der Waals surface area (Å²) in [7, 11) is 0. The molecule has 0 saturated heterocycles. The molecule has 4 N–H and O–H groups in total. The van der Waals surface area contributed by atoms with Crippen molar-refractivity contribution in [1.29, 1.82) is 5.41 Å². The zero-order valence-corrected chi connectivity index (χ0v) is 14.5. The number of carbonyl (C=O) groups is 2. The van der Waals surface area contributed by atoms with Gasteiger partial charge in [-0.25, -0.2) is 8.78 Å². The first kappa shape index (κ1) is 18.5. The van der Waals surface area contributed by atoms with E-state index in [1.54, 1.807) is 24.3 Å². The lowest BCUT2D eigenvalue weighted by Crippen LogP contribution is -2.36. The van der Waals surface area contributed by atoms with Gasteiger partial charge in [-0.1, -0.05) is 0 Å². The molecule has 0 radical (unpaired) electrons. The zero-order chi connectivity index (χ0) is 19.6. The Labute approximate surface area is 154 Å². The van der Waals surface area contributed by atoms with Crippen LogP contribution >= 0.6 is 0 Å². The van der Waals surface area contributed by atoms with E-state index in [4.69, 9.17) is 5.41 Å². The van der Waals surface area contributed by atoms with Crippen LogP contribution in [0.1, 0.15) is 30.1 Å². The summed E-state index contributed by atoms with van der Waals surface area (Å²) in [5.74, 6) is -0.695. The maximum absolute atomic E-state index is 13.2. The van der Waals surface area contributed by atoms with Crippen molar-refractivity contribution in [1.82, 2.24) is 10.6 Å². The first-order chi connectivity index (χ1) is 12.9. The lowest BCUT2D eigenvalue weighted by atomic mass is 10.1. The van der Waals surface area contributed by atoms with Gasteiger partial charge in [0.05, 0.1) is 11.3 Å². The van der Waals surface area contributed by atoms with E-state index in [9.17, 15) is 18.4 Å². The Balaban J connectivity index is 1.85. The highest BCUT2D eigenvalue weighted by atomic mass is 19.3. The first-order valence-corrected chi connectivity index (χ1v) is 8.32. The van der Waals surface area contributed by atoms with Gasteiger partial charge in [-0.05, 0) is 55.7 Å². The molecule has 1 aromatic rings. The summed E-state index contributed by atoms with van der Waals surface area (Å²) >= 11 is 0. The van der Waals surface area contributed by atoms with Crippen LogP contribution in [0.15, 0.2) is 58.7 Å². The molecule has 2 aliphatic rings. The van der Waals surface area contributed by atoms with Gasteiger partial charge in [-0.3, -0.25) is 9.59 Å². The molecule has 1 aromatic carbocycles. The number of Topliss-reactive ketones (excluding diaryl/α,β-unsaturated/α-hetero) is 1. The molecule has 0 unspecified atom stereocenters. The van der Waals surface area contributed by atoms with Gasteiger partial charge in [0.2, 0.25) is 0 Å². The average molecular weight is 372 g/mol. The largest absolute Gasteiger partial charge is 0.341 e. The molecule has 1 saturated carbocycles. The lowest BCUT2D eigenvalue weighted by molar-refractivity contribution is -0.112. The van der Waals surface area contributed by atoms with Crippen molar-refractivity contribution in [2.24, 2.45) is 0 Å². The normalized spacial score (nSPS) is 17.6. The van der Waals surface area contributed by atoms with Gasteiger partial charge in [0.15, 0.2) is 5.78 Å². The molecule has 1 aliphatic heterocycles. The molecular weight excluding hydrogens is 354 g/mol. The van der Waals surface area contributed by atoms with Crippen LogP contribution in [0.25, 0.3) is 0 Å². The van der Waals surface area contributed by atoms with Crippen LogP contribution in [0.2, 0.25) is 0 Å². The van der Waals surface area contributed by atoms with E-state index in [0.717, 1.165) is 24.6 Å². The molecular formula is C19H18F2N4O2. The molecule has 140 valence electrons. The third-order valence-corrected chi connectivity index (χ3v) is 4.15. The van der Waals surface area contributed by atoms with Crippen molar-refractivity contribution >= 4 is 23.6 Å². The van der Waals surface area contributed by atoms with Gasteiger partial charge >= 0.3 is 0 Å². The third-order valence-electron chi connectivity index (χ3n) is 4.15. The molecule has 1 amide bonds. The topological polar surface area (TPSA) is 94.1 Å². The number of rotatable bonds is 5. The van der Waals surface area contributed by atoms with Crippen molar-refractivity contribution in [2.45, 2.75) is 26.2 Å². The second-order valence-corrected chi connectivity index (χ2v) is 6.19. The van der Waals surface area contributed by atoms with E-state index in [0.29, 0.717) is 16.9 Å². The number of allylic oxidation sites excluding steroid dienone is 3. The van der Waals surface area contributed by atoms with Gasteiger partial charge in [0.1, 0.15) is 5.82 Å². The van der Waals surface area contributed by atoms with Gasteiger partial charge in [-0.2, -0.15) is 0 Å². The van der Waals surface area contributed by atoms with E-state index >= 15 is 0 Å². The van der Waals surface area contributed by atoms with E-state index in [2.05, 4.69) is 16.0 Å². The summed E-state index contributed by atoms with van der Waals surface area (Å²) in [6.45, 7) is 1.44. The highest BCUT2D eigenvalue weighted by Gasteiger charge is 2.26. The van der Waals surface area contributed by atoms with Crippen LogP contribution in [0.4, 0.5) is 14.5 Å². The smallest absolute Gasteiger partial charge is 0.278 e. The van der Waals surface area contributed by atoms with Crippen LogP contribution < -0.4 is 16.0 Å². The number of halogens is 2. The van der Waals surface area contributed by atoms with Crippen LogP contribution in [0, 0.1) is 5.41 Å². The fraction of sp³-hybridized carbons (Fsp3) is 0.211. The third kappa shape index (κ3) is 4.28. The summed E-state index contributed by atoms with van der Waals surface area (Å²) in [5.41, 5.74) is 2.02. The minimum atomic E-state index is -2.73. The molecule has 8 heteroatoms. The SMILES string of the molecule is CC(=O)c1ccc(NC(=O)/C(C=N)=C2/NC(C(F)F)=CC(=C3CC3)N2)cc1. The predicted octanol–water partition coefficient (Wildman–Crippen LogP) is 3.08. The molecule has 1 fully saturated rings. The number of hydrogen-bond acceptors (Lipinski definition) is 5. The standard InChI is InChI=1S/C19H18F2N4O2/c1-10(26)11-4-6-13(7-5-11)23-19(27)14(9-22)18-24-15(12-2-3-12)8-16(25-18)17(20)21/h4-9,17,22,24-25H,2-3H2,1H3,(H,23,27)/b18-14+,22-9?. The Morgan fingerprint density at radius 3 is 2.37 bits per heavy atom. The van der Waals surface area contributed by atoms with Gasteiger partial charge in [0, 0.05) is 23.2 Å². The Morgan fingerprint density at radius 1 is 1.19 bits per heavy atom. The van der Waals surface area contributed by atoms with E-state index in [1.807, 2.05) is 0 Å². The van der Waals surface area contributed by atoms with Crippen molar-refractivity contribution in [3.63, 3.8) is 0 Å². The van der Waals surface area contributed by atoms with E-state index in [1.165, 1.54) is 13.0 Å². The maximum Gasteiger partial charge on any atom is 0.278 e. The zero-order valence-electron chi connectivity index (χ0n) is 14.5. The summed E-state index contributed by atoms with van der Waals surface area (Å²) < 4.78 is 26.4. The summed E-state index contributed by atoms with van der Waals surface area (Å²) in [6, 6.07) is 6.26. The average Bonchev–Trinajstić information content (AvgIpc) is 3.47. The number of hydrogen-bond donors (Lipinski definition) is 4. The Bertz CT molecular complexity index is 893. The molecule has 0 bridgehead atoms. The van der Waals surface area contributed by atoms with Crippen LogP contribution in [-0.4, -0.2) is 24.3 Å². The lowest BCUT2D eigenvalue weighted by Gasteiger charge is -2.24. The fourth-order valence-electron chi connectivity index (χ4n) is 2.55. The number of alkyl halides is 2. The molecule has 0 atom stereocenters. The summed E-state index contributed by atoms with van der Waals surface area (Å²) in [6.07, 6.45) is 1.04. The van der Waals surface area contributed by atoms with E-state index < -0.39 is 12.3 Å². The van der Waals surface area contributed by atoms with Crippen LogP contribution in [-0.2, 0) is 4.79 Å². The molecule has 0 spiro atoms. The quantitative estimate of drug-likeness (QED) is 0.363. The van der Waals surface area contributed by atoms with Gasteiger partial charge in [0.25, 0.3) is 12.3 Å². The molecule has 3 rings (SSSR count). The van der Waals surface area contributed by atoms with Crippen molar-refractivity contribution in [2.75, 3.05) is 5.32 Å². The molecule has 27 heavy (non-hydrogen) atoms. The Hall–Kier alpha value is -3.29. The van der Waals surface area contributed by atoms with Crippen molar-refractivity contribution in [3.8, 4) is 0 Å². The number of amides is 1. The second kappa shape index (κ2) is 7.53. The van der Waals surface area contributed by atoms with Crippen molar-refractivity contribution in [3.05, 3.63) is 64.3 Å². The number of benzene rings is 1. The van der Waals surface area contributed by atoms with Crippen LogP contribution in [0.3, 0.4) is 0 Å². The fourth-order valence-corrected chi connectivity index (χ4v) is 2.55. The molecule has 0 aromatic heterocycles. The monoisotopic (exact) mass is 372 g/mol. The Kier molecular flexibility index (Phi) is 5.16. The number of ketones is 1. The highest BCUT2D eigenvalue weighted by Crippen LogP contribution is 2.33. The second-order valence-electron chi connectivity index (χ2n) is 6.19. The summed E-state index contributed by atoms with van der Waals surface area (Å²) in [4.78, 5) is 23.8. The summed E-state index contributed by atoms with van der Waals surface area (Å²) in [5, 5.41) is 15.6. The molecule has 1 aliphatic carbocycles. The predicted molar refractivity (Wildman–Crippen MR) is 97.5 cm³/mol. The number of nitrogens with one attached hydrogen (secondary N) is 4. The van der Waals surface area contributed by atoms with Crippen LogP contribution in [0.5, 0.6) is 0 Å². The highest BCUT2D eigenvalue weighted by molar-refractivity contribution is 6.17.